The quantitative estimate of drug-likeness (QED) is 0.782. The first-order valence-corrected chi connectivity index (χ1v) is 6.22. The molecule has 0 heterocycles. The molecule has 0 aromatic heterocycles. The minimum absolute atomic E-state index is 0.317. The average molecular weight is 264 g/mol. The molecule has 1 aromatic rings. The zero-order chi connectivity index (χ0) is 14.3. The third-order valence-electron chi connectivity index (χ3n) is 2.49. The molecule has 19 heavy (non-hydrogen) atoms. The van der Waals surface area contributed by atoms with Crippen molar-refractivity contribution < 1.29 is 14.3 Å². The largest absolute Gasteiger partial charge is 0.497 e. The standard InChI is InChI=1S/C14H20N2O3/c1-10(2)8-15-13(17)14(18)16-9-11-4-6-12(19-3)7-5-11/h4-7,10H,8-9H2,1-3H3,(H,15,17)(H,16,18). The molecule has 0 fully saturated rings. The van der Waals surface area contributed by atoms with Crippen LogP contribution in [0.5, 0.6) is 5.75 Å². The molecule has 1 aromatic carbocycles. The molecule has 1 rings (SSSR count). The average Bonchev–Trinajstić information content (AvgIpc) is 2.42. The molecule has 0 unspecified atom stereocenters. The zero-order valence-corrected chi connectivity index (χ0v) is 11.5. The molecule has 0 bridgehead atoms. The van der Waals surface area contributed by atoms with E-state index in [-0.39, 0.29) is 0 Å². The first kappa shape index (κ1) is 15.0. The third kappa shape index (κ3) is 5.42. The molecule has 5 heteroatoms. The van der Waals surface area contributed by atoms with Crippen LogP contribution in [0.1, 0.15) is 19.4 Å². The summed E-state index contributed by atoms with van der Waals surface area (Å²) < 4.78 is 5.04. The predicted molar refractivity (Wildman–Crippen MR) is 72.7 cm³/mol. The van der Waals surface area contributed by atoms with E-state index in [1.165, 1.54) is 0 Å². The Hall–Kier alpha value is -2.04. The van der Waals surface area contributed by atoms with E-state index in [2.05, 4.69) is 10.6 Å². The fraction of sp³-hybridized carbons (Fsp3) is 0.429. The van der Waals surface area contributed by atoms with Gasteiger partial charge >= 0.3 is 11.8 Å². The number of hydrogen-bond donors (Lipinski definition) is 2. The minimum Gasteiger partial charge on any atom is -0.497 e. The van der Waals surface area contributed by atoms with E-state index < -0.39 is 11.8 Å². The second-order valence-corrected chi connectivity index (χ2v) is 4.63. The van der Waals surface area contributed by atoms with E-state index >= 15 is 0 Å². The summed E-state index contributed by atoms with van der Waals surface area (Å²) in [5, 5.41) is 5.13. The number of amides is 2. The van der Waals surface area contributed by atoms with E-state index in [1.807, 2.05) is 26.0 Å². The second kappa shape index (κ2) is 7.41. The molecule has 0 aliphatic heterocycles. The van der Waals surface area contributed by atoms with Crippen LogP contribution in [0.25, 0.3) is 0 Å². The lowest BCUT2D eigenvalue weighted by Gasteiger charge is -2.08. The highest BCUT2D eigenvalue weighted by molar-refractivity contribution is 6.35. The number of benzene rings is 1. The summed E-state index contributed by atoms with van der Waals surface area (Å²) in [5.41, 5.74) is 0.908. The van der Waals surface area contributed by atoms with E-state index in [9.17, 15) is 9.59 Å². The summed E-state index contributed by atoms with van der Waals surface area (Å²) >= 11 is 0. The van der Waals surface area contributed by atoms with Crippen molar-refractivity contribution in [2.45, 2.75) is 20.4 Å². The summed E-state index contributed by atoms with van der Waals surface area (Å²) in [6, 6.07) is 7.29. The molecule has 0 atom stereocenters. The van der Waals surface area contributed by atoms with Gasteiger partial charge in [-0.2, -0.15) is 0 Å². The predicted octanol–water partition coefficient (Wildman–Crippen LogP) is 1.08. The van der Waals surface area contributed by atoms with Gasteiger partial charge in [-0.3, -0.25) is 9.59 Å². The Morgan fingerprint density at radius 3 is 2.21 bits per heavy atom. The van der Waals surface area contributed by atoms with Gasteiger partial charge in [-0.25, -0.2) is 0 Å². The molecule has 2 N–H and O–H groups in total. The summed E-state index contributed by atoms with van der Waals surface area (Å²) in [5.74, 6) is -0.137. The molecule has 0 aliphatic rings. The molecular formula is C14H20N2O3. The van der Waals surface area contributed by atoms with Gasteiger partial charge in [0, 0.05) is 13.1 Å². The van der Waals surface area contributed by atoms with Crippen LogP contribution in [-0.2, 0) is 16.1 Å². The van der Waals surface area contributed by atoms with Gasteiger partial charge in [0.15, 0.2) is 0 Å². The molecule has 0 radical (unpaired) electrons. The SMILES string of the molecule is COc1ccc(CNC(=O)C(=O)NCC(C)C)cc1. The van der Waals surface area contributed by atoms with Crippen molar-refractivity contribution in [3.63, 3.8) is 0 Å². The Morgan fingerprint density at radius 1 is 1.11 bits per heavy atom. The number of carbonyl (C=O) groups excluding carboxylic acids is 2. The molecule has 0 saturated heterocycles. The van der Waals surface area contributed by atoms with Crippen molar-refractivity contribution in [3.8, 4) is 5.75 Å². The number of rotatable bonds is 5. The highest BCUT2D eigenvalue weighted by atomic mass is 16.5. The first-order valence-electron chi connectivity index (χ1n) is 6.22. The van der Waals surface area contributed by atoms with Crippen LogP contribution < -0.4 is 15.4 Å². The molecule has 104 valence electrons. The molecule has 0 spiro atoms. The Bertz CT molecular complexity index is 427. The number of ether oxygens (including phenoxy) is 1. The normalized spacial score (nSPS) is 10.1. The topological polar surface area (TPSA) is 67.4 Å². The van der Waals surface area contributed by atoms with Crippen molar-refractivity contribution in [3.05, 3.63) is 29.8 Å². The van der Waals surface area contributed by atoms with Gasteiger partial charge in [0.1, 0.15) is 5.75 Å². The van der Waals surface area contributed by atoms with Crippen molar-refractivity contribution in [1.29, 1.82) is 0 Å². The van der Waals surface area contributed by atoms with Gasteiger partial charge in [0.25, 0.3) is 0 Å². The van der Waals surface area contributed by atoms with Crippen LogP contribution >= 0.6 is 0 Å². The van der Waals surface area contributed by atoms with Crippen LogP contribution in [-0.4, -0.2) is 25.5 Å². The molecule has 5 nitrogen and oxygen atoms in total. The van der Waals surface area contributed by atoms with Gasteiger partial charge in [0.2, 0.25) is 0 Å². The van der Waals surface area contributed by atoms with Crippen molar-refractivity contribution in [1.82, 2.24) is 10.6 Å². The maximum absolute atomic E-state index is 11.5. The van der Waals surface area contributed by atoms with Crippen molar-refractivity contribution >= 4 is 11.8 Å². The molecule has 0 saturated carbocycles. The molecule has 2 amide bonds. The van der Waals surface area contributed by atoms with Crippen LogP contribution in [0, 0.1) is 5.92 Å². The third-order valence-corrected chi connectivity index (χ3v) is 2.49. The Kier molecular flexibility index (Phi) is 5.85. The van der Waals surface area contributed by atoms with Crippen LogP contribution in [0.4, 0.5) is 0 Å². The van der Waals surface area contributed by atoms with Gasteiger partial charge in [-0.1, -0.05) is 26.0 Å². The lowest BCUT2D eigenvalue weighted by molar-refractivity contribution is -0.139. The fourth-order valence-corrected chi connectivity index (χ4v) is 1.38. The highest BCUT2D eigenvalue weighted by Gasteiger charge is 2.12. The summed E-state index contributed by atoms with van der Waals surface area (Å²) in [6.07, 6.45) is 0. The van der Waals surface area contributed by atoms with Crippen molar-refractivity contribution in [2.24, 2.45) is 5.92 Å². The number of carbonyl (C=O) groups is 2. The minimum atomic E-state index is -0.614. The van der Waals surface area contributed by atoms with E-state index in [4.69, 9.17) is 4.74 Å². The Balaban J connectivity index is 2.38. The van der Waals surface area contributed by atoms with Gasteiger partial charge in [-0.05, 0) is 23.6 Å². The number of hydrogen-bond acceptors (Lipinski definition) is 3. The second-order valence-electron chi connectivity index (χ2n) is 4.63. The Morgan fingerprint density at radius 2 is 1.68 bits per heavy atom. The summed E-state index contributed by atoms with van der Waals surface area (Å²) in [4.78, 5) is 22.9. The van der Waals surface area contributed by atoms with Crippen LogP contribution in [0.15, 0.2) is 24.3 Å². The smallest absolute Gasteiger partial charge is 0.309 e. The number of nitrogens with one attached hydrogen (secondary N) is 2. The maximum atomic E-state index is 11.5. The van der Waals surface area contributed by atoms with Crippen LogP contribution in [0.3, 0.4) is 0 Å². The maximum Gasteiger partial charge on any atom is 0.309 e. The first-order chi connectivity index (χ1) is 9.02. The lowest BCUT2D eigenvalue weighted by atomic mass is 10.2. The van der Waals surface area contributed by atoms with E-state index in [0.29, 0.717) is 19.0 Å². The number of methoxy groups -OCH3 is 1. The summed E-state index contributed by atoms with van der Waals surface area (Å²) in [6.45, 7) is 4.75. The molecule has 0 aliphatic carbocycles. The lowest BCUT2D eigenvalue weighted by Crippen LogP contribution is -2.40. The van der Waals surface area contributed by atoms with Gasteiger partial charge < -0.3 is 15.4 Å². The van der Waals surface area contributed by atoms with Crippen LogP contribution in [0.2, 0.25) is 0 Å². The Labute approximate surface area is 113 Å². The van der Waals surface area contributed by atoms with Crippen molar-refractivity contribution in [2.75, 3.05) is 13.7 Å². The fourth-order valence-electron chi connectivity index (χ4n) is 1.38. The molecular weight excluding hydrogens is 244 g/mol. The highest BCUT2D eigenvalue weighted by Crippen LogP contribution is 2.10. The van der Waals surface area contributed by atoms with E-state index in [1.54, 1.807) is 19.2 Å². The van der Waals surface area contributed by atoms with E-state index in [0.717, 1.165) is 11.3 Å². The van der Waals surface area contributed by atoms with Gasteiger partial charge in [-0.15, -0.1) is 0 Å². The monoisotopic (exact) mass is 264 g/mol. The zero-order valence-electron chi connectivity index (χ0n) is 11.5. The summed E-state index contributed by atoms with van der Waals surface area (Å²) in [7, 11) is 1.59. The van der Waals surface area contributed by atoms with Gasteiger partial charge in [0.05, 0.1) is 7.11 Å².